The molecule has 0 aliphatic carbocycles. The van der Waals surface area contributed by atoms with E-state index in [-0.39, 0.29) is 5.91 Å². The molecule has 180 valence electrons. The average molecular weight is 472 g/mol. The summed E-state index contributed by atoms with van der Waals surface area (Å²) in [5.41, 5.74) is 5.83. The van der Waals surface area contributed by atoms with Crippen molar-refractivity contribution in [3.05, 3.63) is 58.1 Å². The highest BCUT2D eigenvalue weighted by atomic mass is 32.2. The number of carbonyl (C=O) groups is 1. The van der Waals surface area contributed by atoms with Gasteiger partial charge in [0.25, 0.3) is 0 Å². The van der Waals surface area contributed by atoms with E-state index < -0.39 is 11.0 Å². The quantitative estimate of drug-likeness (QED) is 0.560. The number of methoxy groups -OCH3 is 1. The highest BCUT2D eigenvalue weighted by Crippen LogP contribution is 2.26. The molecule has 0 bridgehead atoms. The Morgan fingerprint density at radius 3 is 2.42 bits per heavy atom. The van der Waals surface area contributed by atoms with Crippen LogP contribution in [0.5, 0.6) is 5.75 Å². The highest BCUT2D eigenvalue weighted by molar-refractivity contribution is 7.82. The van der Waals surface area contributed by atoms with Crippen LogP contribution in [0.2, 0.25) is 0 Å². The highest BCUT2D eigenvalue weighted by Gasteiger charge is 2.22. The first kappa shape index (κ1) is 25.4. The molecule has 1 aliphatic heterocycles. The maximum absolute atomic E-state index is 13.1. The Balaban J connectivity index is 1.52. The lowest BCUT2D eigenvalue weighted by molar-refractivity contribution is -0.132. The van der Waals surface area contributed by atoms with E-state index in [0.29, 0.717) is 25.9 Å². The van der Waals surface area contributed by atoms with E-state index in [2.05, 4.69) is 37.2 Å². The lowest BCUT2D eigenvalue weighted by Gasteiger charge is -2.30. The van der Waals surface area contributed by atoms with E-state index in [0.717, 1.165) is 41.3 Å². The number of carbonyl (C=O) groups excluding carboxylic acids is 1. The Bertz CT molecular complexity index is 999. The summed E-state index contributed by atoms with van der Waals surface area (Å²) < 4.78 is 20.2. The summed E-state index contributed by atoms with van der Waals surface area (Å²) in [4.78, 5) is 17.8. The summed E-state index contributed by atoms with van der Waals surface area (Å²) in [6.45, 7) is 6.89. The lowest BCUT2D eigenvalue weighted by atomic mass is 9.97. The number of ether oxygens (including phenoxy) is 1. The molecule has 0 N–H and O–H groups in total. The van der Waals surface area contributed by atoms with Crippen molar-refractivity contribution in [2.75, 3.05) is 41.3 Å². The van der Waals surface area contributed by atoms with E-state index in [1.54, 1.807) is 7.11 Å². The molecule has 1 heterocycles. The molecule has 0 spiro atoms. The van der Waals surface area contributed by atoms with E-state index in [9.17, 15) is 9.00 Å². The van der Waals surface area contributed by atoms with Crippen LogP contribution in [0, 0.1) is 13.8 Å². The van der Waals surface area contributed by atoms with Gasteiger partial charge in [0.15, 0.2) is 0 Å². The number of hydrogen-bond acceptors (Lipinski definition) is 4. The number of rotatable bonds is 9. The van der Waals surface area contributed by atoms with E-state index in [1.165, 1.54) is 16.7 Å². The standard InChI is InChI=1S/C26H37N3O3S/c1-19-14-24(32-6)15-20(2)26(19)33(31)28(5)12-7-8-25(30)29-13-11-22-16-21(17-27(3)4)9-10-23(22)18-29/h9-10,14-16H,7-8,11-13,17-18H2,1-6H3. The summed E-state index contributed by atoms with van der Waals surface area (Å²) >= 11 is 0. The Labute approximate surface area is 201 Å². The summed E-state index contributed by atoms with van der Waals surface area (Å²) in [5, 5.41) is 0. The van der Waals surface area contributed by atoms with Crippen LogP contribution < -0.4 is 4.74 Å². The molecule has 1 amide bonds. The minimum atomic E-state index is -1.27. The van der Waals surface area contributed by atoms with Crippen LogP contribution in [0.4, 0.5) is 0 Å². The maximum Gasteiger partial charge on any atom is 0.222 e. The molecule has 2 aromatic carbocycles. The molecule has 1 unspecified atom stereocenters. The van der Waals surface area contributed by atoms with E-state index >= 15 is 0 Å². The minimum Gasteiger partial charge on any atom is -0.497 e. The molecule has 2 aromatic rings. The molecule has 1 aliphatic rings. The zero-order valence-corrected chi connectivity index (χ0v) is 21.6. The van der Waals surface area contributed by atoms with Gasteiger partial charge in [-0.15, -0.1) is 0 Å². The van der Waals surface area contributed by atoms with Gasteiger partial charge in [0.05, 0.1) is 12.0 Å². The zero-order valence-electron chi connectivity index (χ0n) is 20.8. The molecule has 0 saturated heterocycles. The molecule has 33 heavy (non-hydrogen) atoms. The van der Waals surface area contributed by atoms with Crippen molar-refractivity contribution >= 4 is 16.9 Å². The second-order valence-electron chi connectivity index (χ2n) is 9.20. The van der Waals surface area contributed by atoms with Gasteiger partial charge in [0, 0.05) is 39.6 Å². The molecule has 0 fully saturated rings. The van der Waals surface area contributed by atoms with Crippen LogP contribution >= 0.6 is 0 Å². The molecular formula is C26H37N3O3S. The number of benzene rings is 2. The van der Waals surface area contributed by atoms with E-state index in [4.69, 9.17) is 4.74 Å². The first-order valence-corrected chi connectivity index (χ1v) is 12.6. The third-order valence-electron chi connectivity index (χ3n) is 6.13. The minimum absolute atomic E-state index is 0.175. The zero-order chi connectivity index (χ0) is 24.1. The largest absolute Gasteiger partial charge is 0.497 e. The second-order valence-corrected chi connectivity index (χ2v) is 10.7. The van der Waals surface area contributed by atoms with Crippen LogP contribution in [-0.2, 0) is 35.3 Å². The maximum atomic E-state index is 13.1. The summed E-state index contributed by atoms with van der Waals surface area (Å²) in [7, 11) is 6.37. The monoisotopic (exact) mass is 471 g/mol. The van der Waals surface area contributed by atoms with Gasteiger partial charge in [-0.05, 0) is 80.7 Å². The molecule has 7 heteroatoms. The van der Waals surface area contributed by atoms with E-state index in [1.807, 2.05) is 42.2 Å². The fourth-order valence-electron chi connectivity index (χ4n) is 4.44. The molecule has 1 atom stereocenters. The molecule has 0 aromatic heterocycles. The van der Waals surface area contributed by atoms with Crippen molar-refractivity contribution in [2.45, 2.75) is 51.1 Å². The number of amides is 1. The number of nitrogens with zero attached hydrogens (tertiary/aromatic N) is 3. The Morgan fingerprint density at radius 2 is 1.79 bits per heavy atom. The van der Waals surface area contributed by atoms with Crippen molar-refractivity contribution in [3.63, 3.8) is 0 Å². The molecule has 6 nitrogen and oxygen atoms in total. The predicted molar refractivity (Wildman–Crippen MR) is 134 cm³/mol. The normalized spacial score (nSPS) is 14.5. The van der Waals surface area contributed by atoms with Crippen LogP contribution in [0.25, 0.3) is 0 Å². The van der Waals surface area contributed by atoms with Crippen molar-refractivity contribution in [2.24, 2.45) is 0 Å². The van der Waals surface area contributed by atoms with Crippen LogP contribution in [0.1, 0.15) is 40.7 Å². The average Bonchev–Trinajstić information content (AvgIpc) is 2.77. The lowest BCUT2D eigenvalue weighted by Crippen LogP contribution is -2.36. The van der Waals surface area contributed by atoms with Crippen molar-refractivity contribution in [3.8, 4) is 5.75 Å². The Morgan fingerprint density at radius 1 is 1.09 bits per heavy atom. The number of hydrogen-bond donors (Lipinski definition) is 0. The SMILES string of the molecule is COc1cc(C)c(S(=O)N(C)CCCC(=O)N2CCc3cc(CN(C)C)ccc3C2)c(C)c1. The third-order valence-corrected chi connectivity index (χ3v) is 7.87. The van der Waals surface area contributed by atoms with Gasteiger partial charge in [-0.1, -0.05) is 18.2 Å². The summed E-state index contributed by atoms with van der Waals surface area (Å²) in [6.07, 6.45) is 2.05. The van der Waals surface area contributed by atoms with Gasteiger partial charge < -0.3 is 14.5 Å². The van der Waals surface area contributed by atoms with Crippen molar-refractivity contribution < 1.29 is 13.7 Å². The fraction of sp³-hybridized carbons (Fsp3) is 0.500. The van der Waals surface area contributed by atoms with Crippen LogP contribution in [0.15, 0.2) is 35.2 Å². The smallest absolute Gasteiger partial charge is 0.222 e. The third kappa shape index (κ3) is 6.43. The van der Waals surface area contributed by atoms with Crippen molar-refractivity contribution in [1.29, 1.82) is 0 Å². The van der Waals surface area contributed by atoms with Gasteiger partial charge in [0.1, 0.15) is 16.7 Å². The number of aryl methyl sites for hydroxylation is 2. The van der Waals surface area contributed by atoms with Gasteiger partial charge in [-0.3, -0.25) is 4.79 Å². The second kappa shape index (κ2) is 11.3. The Kier molecular flexibility index (Phi) is 8.68. The predicted octanol–water partition coefficient (Wildman–Crippen LogP) is 3.69. The Hall–Kier alpha value is -2.22. The van der Waals surface area contributed by atoms with Gasteiger partial charge in [-0.2, -0.15) is 0 Å². The van der Waals surface area contributed by atoms with Crippen molar-refractivity contribution in [1.82, 2.24) is 14.1 Å². The first-order valence-electron chi connectivity index (χ1n) is 11.5. The van der Waals surface area contributed by atoms with Gasteiger partial charge >= 0.3 is 0 Å². The van der Waals surface area contributed by atoms with Gasteiger partial charge in [-0.25, -0.2) is 8.51 Å². The van der Waals surface area contributed by atoms with Gasteiger partial charge in [0.2, 0.25) is 5.91 Å². The van der Waals surface area contributed by atoms with Crippen LogP contribution in [-0.4, -0.2) is 65.6 Å². The first-order chi connectivity index (χ1) is 15.7. The molecule has 0 radical (unpaired) electrons. The summed E-state index contributed by atoms with van der Waals surface area (Å²) in [5.74, 6) is 0.949. The molecular weight excluding hydrogens is 434 g/mol. The summed E-state index contributed by atoms with van der Waals surface area (Å²) in [6, 6.07) is 10.4. The topological polar surface area (TPSA) is 53.1 Å². The fourth-order valence-corrected chi connectivity index (χ4v) is 5.71. The molecule has 0 saturated carbocycles. The van der Waals surface area contributed by atoms with Crippen LogP contribution in [0.3, 0.4) is 0 Å². The number of fused-ring (bicyclic) bond motifs is 1. The molecule has 3 rings (SSSR count).